The highest BCUT2D eigenvalue weighted by molar-refractivity contribution is 7.99. The summed E-state index contributed by atoms with van der Waals surface area (Å²) >= 11 is 1.62. The molecule has 100 valence electrons. The standard InChI is InChI=1S/C14H17N3OS/c1-5-15-6-10(3)12-11(4)13(18)17-7-9(2)8-19-14(17)16-12/h5-6,9H,1,3,7-8H2,2,4H3/b15-6-/t9-/m0/s1. The van der Waals surface area contributed by atoms with E-state index in [1.54, 1.807) is 29.5 Å². The third-order valence-electron chi connectivity index (χ3n) is 2.99. The Morgan fingerprint density at radius 1 is 1.63 bits per heavy atom. The van der Waals surface area contributed by atoms with E-state index in [-0.39, 0.29) is 5.56 Å². The van der Waals surface area contributed by atoms with Crippen LogP contribution in [0.3, 0.4) is 0 Å². The van der Waals surface area contributed by atoms with E-state index >= 15 is 0 Å². The molecule has 0 saturated carbocycles. The van der Waals surface area contributed by atoms with E-state index in [4.69, 9.17) is 0 Å². The van der Waals surface area contributed by atoms with Crippen molar-refractivity contribution in [1.29, 1.82) is 0 Å². The molecule has 1 atom stereocenters. The summed E-state index contributed by atoms with van der Waals surface area (Å²) in [6.07, 6.45) is 3.01. The van der Waals surface area contributed by atoms with Crippen molar-refractivity contribution >= 4 is 23.5 Å². The largest absolute Gasteiger partial charge is 0.287 e. The second kappa shape index (κ2) is 5.57. The normalized spacial score (nSPS) is 18.3. The molecule has 0 unspecified atom stereocenters. The van der Waals surface area contributed by atoms with Gasteiger partial charge in [-0.25, -0.2) is 4.98 Å². The van der Waals surface area contributed by atoms with Gasteiger partial charge >= 0.3 is 0 Å². The van der Waals surface area contributed by atoms with Crippen LogP contribution in [0.1, 0.15) is 18.2 Å². The highest BCUT2D eigenvalue weighted by Gasteiger charge is 2.21. The minimum atomic E-state index is 0.0206. The van der Waals surface area contributed by atoms with Crippen molar-refractivity contribution < 1.29 is 0 Å². The Hall–Kier alpha value is -1.62. The maximum absolute atomic E-state index is 12.4. The zero-order valence-corrected chi connectivity index (χ0v) is 12.0. The molecule has 5 heteroatoms. The minimum Gasteiger partial charge on any atom is -0.287 e. The minimum absolute atomic E-state index is 0.0206. The number of allylic oxidation sites excluding steroid dienone is 1. The molecule has 4 nitrogen and oxygen atoms in total. The molecular weight excluding hydrogens is 258 g/mol. The summed E-state index contributed by atoms with van der Waals surface area (Å²) in [7, 11) is 0. The van der Waals surface area contributed by atoms with Gasteiger partial charge in [-0.2, -0.15) is 0 Å². The Morgan fingerprint density at radius 2 is 2.37 bits per heavy atom. The van der Waals surface area contributed by atoms with Gasteiger partial charge in [-0.3, -0.25) is 14.4 Å². The summed E-state index contributed by atoms with van der Waals surface area (Å²) in [6.45, 7) is 12.1. The maximum Gasteiger partial charge on any atom is 0.257 e. The van der Waals surface area contributed by atoms with Crippen molar-refractivity contribution in [2.45, 2.75) is 25.5 Å². The summed E-state index contributed by atoms with van der Waals surface area (Å²) < 4.78 is 1.76. The summed E-state index contributed by atoms with van der Waals surface area (Å²) in [5, 5.41) is 0.775. The van der Waals surface area contributed by atoms with Crippen molar-refractivity contribution in [2.24, 2.45) is 10.9 Å². The molecule has 0 aliphatic carbocycles. The number of nitrogens with zero attached hydrogens (tertiary/aromatic N) is 3. The van der Waals surface area contributed by atoms with Gasteiger partial charge in [0.25, 0.3) is 5.56 Å². The average molecular weight is 275 g/mol. The lowest BCUT2D eigenvalue weighted by atomic mass is 10.1. The molecule has 19 heavy (non-hydrogen) atoms. The van der Waals surface area contributed by atoms with E-state index in [1.807, 2.05) is 0 Å². The third kappa shape index (κ3) is 2.71. The van der Waals surface area contributed by atoms with Crippen molar-refractivity contribution in [3.05, 3.63) is 41.0 Å². The second-order valence-electron chi connectivity index (χ2n) is 4.69. The smallest absolute Gasteiger partial charge is 0.257 e. The highest BCUT2D eigenvalue weighted by atomic mass is 32.2. The molecule has 0 bridgehead atoms. The zero-order chi connectivity index (χ0) is 14.0. The molecule has 0 amide bonds. The van der Waals surface area contributed by atoms with Gasteiger partial charge in [0.2, 0.25) is 0 Å². The molecule has 1 aromatic heterocycles. The number of fused-ring (bicyclic) bond motifs is 1. The van der Waals surface area contributed by atoms with Crippen LogP contribution in [-0.2, 0) is 6.54 Å². The number of aliphatic imine (C=N–C) groups is 1. The molecule has 0 fully saturated rings. The van der Waals surface area contributed by atoms with Crippen LogP contribution in [0.25, 0.3) is 5.57 Å². The van der Waals surface area contributed by atoms with E-state index < -0.39 is 0 Å². The molecule has 1 aliphatic rings. The summed E-state index contributed by atoms with van der Waals surface area (Å²) in [5.74, 6) is 1.48. The highest BCUT2D eigenvalue weighted by Crippen LogP contribution is 2.26. The molecule has 2 heterocycles. The second-order valence-corrected chi connectivity index (χ2v) is 5.67. The maximum atomic E-state index is 12.4. The molecule has 0 radical (unpaired) electrons. The monoisotopic (exact) mass is 275 g/mol. The SMILES string of the molecule is C=C/N=C\C(=C)c1nc2n(c(=O)c1C)C[C@H](C)CS2. The Kier molecular flexibility index (Phi) is 4.04. The first-order chi connectivity index (χ1) is 9.04. The van der Waals surface area contributed by atoms with Gasteiger partial charge in [0.15, 0.2) is 5.16 Å². The predicted molar refractivity (Wildman–Crippen MR) is 80.8 cm³/mol. The fourth-order valence-corrected chi connectivity index (χ4v) is 3.01. The van der Waals surface area contributed by atoms with E-state index in [9.17, 15) is 4.79 Å². The van der Waals surface area contributed by atoms with Gasteiger partial charge in [0, 0.05) is 35.8 Å². The molecule has 1 aliphatic heterocycles. The molecule has 0 N–H and O–H groups in total. The number of hydrogen-bond donors (Lipinski definition) is 0. The van der Waals surface area contributed by atoms with Crippen LogP contribution in [0.15, 0.2) is 34.3 Å². The number of rotatable bonds is 3. The Labute approximate surface area is 117 Å². The van der Waals surface area contributed by atoms with Crippen molar-refractivity contribution in [2.75, 3.05) is 5.75 Å². The fraction of sp³-hybridized carbons (Fsp3) is 0.357. The topological polar surface area (TPSA) is 47.2 Å². The van der Waals surface area contributed by atoms with Gasteiger partial charge in [0.05, 0.1) is 5.69 Å². The Balaban J connectivity index is 2.51. The number of thioether (sulfide) groups is 1. The lowest BCUT2D eigenvalue weighted by Gasteiger charge is -2.23. The molecular formula is C14H17N3OS. The molecule has 0 aromatic carbocycles. The first-order valence-corrected chi connectivity index (χ1v) is 7.10. The summed E-state index contributed by atoms with van der Waals surface area (Å²) in [6, 6.07) is 0. The molecule has 0 saturated heterocycles. The molecule has 2 rings (SSSR count). The Bertz CT molecular complexity index is 616. The van der Waals surface area contributed by atoms with Gasteiger partial charge < -0.3 is 0 Å². The van der Waals surface area contributed by atoms with Crippen molar-refractivity contribution in [3.63, 3.8) is 0 Å². The van der Waals surface area contributed by atoms with Gasteiger partial charge in [-0.05, 0) is 12.8 Å². The van der Waals surface area contributed by atoms with Crippen LogP contribution in [0.5, 0.6) is 0 Å². The van der Waals surface area contributed by atoms with E-state index in [1.165, 1.54) is 6.20 Å². The van der Waals surface area contributed by atoms with Gasteiger partial charge in [-0.15, -0.1) is 0 Å². The first kappa shape index (κ1) is 13.8. The van der Waals surface area contributed by atoms with Crippen LogP contribution in [0, 0.1) is 12.8 Å². The molecule has 1 aromatic rings. The van der Waals surface area contributed by atoms with E-state index in [2.05, 4.69) is 30.1 Å². The third-order valence-corrected chi connectivity index (χ3v) is 4.30. The first-order valence-electron chi connectivity index (χ1n) is 6.12. The molecule has 0 spiro atoms. The van der Waals surface area contributed by atoms with Crippen LogP contribution < -0.4 is 5.56 Å². The fourth-order valence-electron chi connectivity index (χ4n) is 2.00. The van der Waals surface area contributed by atoms with Crippen LogP contribution in [0.2, 0.25) is 0 Å². The van der Waals surface area contributed by atoms with Crippen molar-refractivity contribution in [3.8, 4) is 0 Å². The van der Waals surface area contributed by atoms with Gasteiger partial charge in [0.1, 0.15) is 0 Å². The Morgan fingerprint density at radius 3 is 3.05 bits per heavy atom. The van der Waals surface area contributed by atoms with Crippen LogP contribution in [0.4, 0.5) is 0 Å². The van der Waals surface area contributed by atoms with E-state index in [0.717, 1.165) is 17.5 Å². The summed E-state index contributed by atoms with van der Waals surface area (Å²) in [5.41, 5.74) is 1.91. The average Bonchev–Trinajstić information content (AvgIpc) is 2.40. The van der Waals surface area contributed by atoms with Crippen LogP contribution >= 0.6 is 11.8 Å². The number of aromatic nitrogens is 2. The van der Waals surface area contributed by atoms with Crippen molar-refractivity contribution in [1.82, 2.24) is 9.55 Å². The van der Waals surface area contributed by atoms with Gasteiger partial charge in [-0.1, -0.05) is 31.8 Å². The lowest BCUT2D eigenvalue weighted by Crippen LogP contribution is -2.32. The van der Waals surface area contributed by atoms with Crippen LogP contribution in [-0.4, -0.2) is 21.5 Å². The predicted octanol–water partition coefficient (Wildman–Crippen LogP) is 2.52. The number of hydrogen-bond acceptors (Lipinski definition) is 4. The quantitative estimate of drug-likeness (QED) is 0.629. The summed E-state index contributed by atoms with van der Waals surface area (Å²) in [4.78, 5) is 20.9. The zero-order valence-electron chi connectivity index (χ0n) is 11.2. The lowest BCUT2D eigenvalue weighted by molar-refractivity contribution is 0.457. The van der Waals surface area contributed by atoms with E-state index in [0.29, 0.717) is 22.7 Å².